The Balaban J connectivity index is 0.000000172. The molecule has 0 bridgehead atoms. The van der Waals surface area contributed by atoms with Crippen molar-refractivity contribution in [3.8, 4) is 27.9 Å². The first kappa shape index (κ1) is 50.1. The van der Waals surface area contributed by atoms with Gasteiger partial charge in [-0.15, -0.1) is 23.5 Å². The molecule has 5 aliphatic heterocycles. The number of amides is 4. The Morgan fingerprint density at radius 2 is 1.05 bits per heavy atom. The number of carbonyl (C=O) groups is 4. The molecule has 4 amide bonds. The fraction of sp³-hybridized carbons (Fsp3) is 0.383. The van der Waals surface area contributed by atoms with Crippen molar-refractivity contribution >= 4 is 53.3 Å². The third-order valence-corrected chi connectivity index (χ3v) is 18.3. The van der Waals surface area contributed by atoms with Crippen molar-refractivity contribution in [2.24, 2.45) is 0 Å². The molecule has 3 atom stereocenters. The number of hydrogen-bond acceptors (Lipinski definition) is 11. The number of likely N-dealkylation sites (tertiary alicyclic amines) is 2. The van der Waals surface area contributed by atoms with Crippen molar-refractivity contribution in [2.45, 2.75) is 56.1 Å². The van der Waals surface area contributed by atoms with Gasteiger partial charge >= 0.3 is 12.2 Å². The summed E-state index contributed by atoms with van der Waals surface area (Å²) in [5, 5.41) is 4.78. The number of rotatable bonds is 9. The lowest BCUT2D eigenvalue weighted by atomic mass is 9.98. The maximum atomic E-state index is 13.9. The topological polar surface area (TPSA) is 124 Å². The van der Waals surface area contributed by atoms with E-state index in [9.17, 15) is 19.2 Å². The Morgan fingerprint density at radius 1 is 0.566 bits per heavy atom. The van der Waals surface area contributed by atoms with Gasteiger partial charge < -0.3 is 24.2 Å². The zero-order valence-electron chi connectivity index (χ0n) is 43.0. The van der Waals surface area contributed by atoms with Gasteiger partial charge in [0.2, 0.25) is 11.8 Å². The summed E-state index contributed by atoms with van der Waals surface area (Å²) >= 11 is 3.53. The molecule has 0 spiro atoms. The SMILES string of the molecule is Cc1cc(N2CCN([C@H]3C[C@@H](C(=O)N4CCSC4)N(C(=O)OCC4c5ccccc5-c5ccccc54)C3)CC2)n(-c2ccccc2)n1.O=C([C@@H]1CCCN1C(=O)OCC1c2ccccc2-c2ccccc21)N1CCSC1. The summed E-state index contributed by atoms with van der Waals surface area (Å²) in [5.74, 6) is 4.57. The second-order valence-electron chi connectivity index (χ2n) is 20.7. The third kappa shape index (κ3) is 9.83. The van der Waals surface area contributed by atoms with Gasteiger partial charge in [-0.1, -0.05) is 115 Å². The summed E-state index contributed by atoms with van der Waals surface area (Å²) in [5.41, 5.74) is 11.6. The van der Waals surface area contributed by atoms with Crippen LogP contribution in [0, 0.1) is 6.92 Å². The molecule has 2 aliphatic carbocycles. The van der Waals surface area contributed by atoms with Crippen LogP contribution in [0.3, 0.4) is 0 Å². The van der Waals surface area contributed by atoms with Gasteiger partial charge in [-0.3, -0.25) is 24.3 Å². The first-order chi connectivity index (χ1) is 37.3. The first-order valence-corrected chi connectivity index (χ1v) is 29.2. The Hall–Kier alpha value is -6.75. The van der Waals surface area contributed by atoms with Crippen LogP contribution in [0.2, 0.25) is 0 Å². The van der Waals surface area contributed by atoms with E-state index in [1.165, 1.54) is 44.5 Å². The summed E-state index contributed by atoms with van der Waals surface area (Å²) in [6, 6.07) is 45.0. The minimum atomic E-state index is -0.505. The number of carbonyl (C=O) groups excluding carboxylic acids is 4. The Kier molecular flexibility index (Phi) is 14.5. The Bertz CT molecular complexity index is 3010. The van der Waals surface area contributed by atoms with Crippen LogP contribution < -0.4 is 4.90 Å². The third-order valence-electron chi connectivity index (χ3n) is 16.3. The summed E-state index contributed by atoms with van der Waals surface area (Å²) in [6.45, 7) is 8.57. The van der Waals surface area contributed by atoms with E-state index >= 15 is 0 Å². The molecular weight excluding hydrogens is 993 g/mol. The molecule has 16 heteroatoms. The summed E-state index contributed by atoms with van der Waals surface area (Å²) < 4.78 is 13.9. The number of thioether (sulfide) groups is 2. The summed E-state index contributed by atoms with van der Waals surface area (Å²) in [4.78, 5) is 65.4. The molecule has 5 saturated heterocycles. The van der Waals surface area contributed by atoms with Crippen LogP contribution in [0.25, 0.3) is 27.9 Å². The van der Waals surface area contributed by atoms with E-state index in [1.807, 2.05) is 76.0 Å². The highest BCUT2D eigenvalue weighted by Gasteiger charge is 2.46. The molecule has 1 aromatic heterocycles. The molecule has 0 N–H and O–H groups in total. The molecule has 76 heavy (non-hydrogen) atoms. The van der Waals surface area contributed by atoms with Crippen LogP contribution in [-0.2, 0) is 19.1 Å². The molecule has 0 radical (unpaired) electrons. The van der Waals surface area contributed by atoms with Crippen molar-refractivity contribution in [3.05, 3.63) is 161 Å². The number of aryl methyl sites for hydroxylation is 1. The molecule has 5 fully saturated rings. The van der Waals surface area contributed by atoms with E-state index in [0.29, 0.717) is 32.0 Å². The largest absolute Gasteiger partial charge is 0.448 e. The Morgan fingerprint density at radius 3 is 1.57 bits per heavy atom. The quantitative estimate of drug-likeness (QED) is 0.138. The highest BCUT2D eigenvalue weighted by atomic mass is 32.2. The number of ether oxygens (including phenoxy) is 2. The van der Waals surface area contributed by atoms with Crippen LogP contribution in [0.5, 0.6) is 0 Å². The number of aromatic nitrogens is 2. The lowest BCUT2D eigenvalue weighted by Gasteiger charge is -2.38. The van der Waals surface area contributed by atoms with E-state index in [2.05, 4.69) is 88.7 Å². The molecule has 0 saturated carbocycles. The van der Waals surface area contributed by atoms with Gasteiger partial charge in [-0.25, -0.2) is 14.3 Å². The maximum Gasteiger partial charge on any atom is 0.410 e. The number of anilines is 1. The molecular formula is C60H64N8O6S2. The van der Waals surface area contributed by atoms with Crippen LogP contribution >= 0.6 is 23.5 Å². The van der Waals surface area contributed by atoms with E-state index in [1.54, 1.807) is 33.3 Å². The highest BCUT2D eigenvalue weighted by Crippen LogP contribution is 2.46. The number of benzene rings is 5. The molecule has 392 valence electrons. The molecule has 0 unspecified atom stereocenters. The predicted molar refractivity (Wildman–Crippen MR) is 299 cm³/mol. The normalized spacial score (nSPS) is 21.0. The molecule has 6 aromatic rings. The van der Waals surface area contributed by atoms with Gasteiger partial charge in [0.05, 0.1) is 23.1 Å². The van der Waals surface area contributed by atoms with Crippen molar-refractivity contribution in [3.63, 3.8) is 0 Å². The lowest BCUT2D eigenvalue weighted by molar-refractivity contribution is -0.134. The van der Waals surface area contributed by atoms with Crippen LogP contribution in [0.15, 0.2) is 133 Å². The van der Waals surface area contributed by atoms with Gasteiger partial charge in [0.25, 0.3) is 0 Å². The van der Waals surface area contributed by atoms with Gasteiger partial charge in [0, 0.05) is 87.8 Å². The highest BCUT2D eigenvalue weighted by molar-refractivity contribution is 7.99. The van der Waals surface area contributed by atoms with Crippen molar-refractivity contribution < 1.29 is 28.7 Å². The van der Waals surface area contributed by atoms with E-state index < -0.39 is 6.04 Å². The molecule has 7 aliphatic rings. The minimum absolute atomic E-state index is 0.0186. The van der Waals surface area contributed by atoms with Crippen LogP contribution in [-0.4, -0.2) is 165 Å². The minimum Gasteiger partial charge on any atom is -0.448 e. The van der Waals surface area contributed by atoms with Crippen LogP contribution in [0.4, 0.5) is 15.4 Å². The number of fused-ring (bicyclic) bond motifs is 6. The monoisotopic (exact) mass is 1060 g/mol. The number of para-hydroxylation sites is 1. The maximum absolute atomic E-state index is 13.9. The zero-order valence-corrected chi connectivity index (χ0v) is 44.6. The van der Waals surface area contributed by atoms with Gasteiger partial charge in [0.15, 0.2) is 0 Å². The lowest BCUT2D eigenvalue weighted by Crippen LogP contribution is -2.51. The van der Waals surface area contributed by atoms with E-state index in [4.69, 9.17) is 14.6 Å². The second-order valence-corrected chi connectivity index (χ2v) is 22.9. The van der Waals surface area contributed by atoms with E-state index in [-0.39, 0.29) is 54.5 Å². The van der Waals surface area contributed by atoms with E-state index in [0.717, 1.165) is 86.7 Å². The molecule has 13 rings (SSSR count). The number of piperazine rings is 1. The predicted octanol–water partition coefficient (Wildman–Crippen LogP) is 9.16. The van der Waals surface area contributed by atoms with Crippen molar-refractivity contribution in [1.82, 2.24) is 34.3 Å². The standard InChI is InChI=1S/C37H40N6O3S.C23H24N2O3S/c1-26-21-35(43(38-26)27-9-3-2-4-10-27)40-17-15-39(16-18-40)28-22-34(36(44)41-19-20-47-25-41)42(23-28)37(45)46-24-33-31-13-7-5-11-29(31)30-12-6-8-14-32(30)33;26-22(24-12-13-29-15-24)21-10-5-11-25(21)23(27)28-14-20-18-8-3-1-6-16(18)17-7-2-4-9-19(17)20/h2-14,21,28,33-34H,15-20,22-25H2,1H3;1-4,6-9,20-21H,5,10-15H2/t28-,34-;21-/m00/s1. The van der Waals surface area contributed by atoms with Crippen molar-refractivity contribution in [1.29, 1.82) is 0 Å². The van der Waals surface area contributed by atoms with Crippen LogP contribution in [0.1, 0.15) is 59.0 Å². The summed E-state index contributed by atoms with van der Waals surface area (Å²) in [6.07, 6.45) is 1.45. The molecule has 6 heterocycles. The average molecular weight is 1060 g/mol. The van der Waals surface area contributed by atoms with Gasteiger partial charge in [0.1, 0.15) is 31.1 Å². The zero-order chi connectivity index (χ0) is 51.7. The average Bonchev–Trinajstić information content (AvgIpc) is 4.35. The summed E-state index contributed by atoms with van der Waals surface area (Å²) in [7, 11) is 0. The van der Waals surface area contributed by atoms with Gasteiger partial charge in [-0.2, -0.15) is 5.10 Å². The number of hydrogen-bond donors (Lipinski definition) is 0. The number of nitrogens with zero attached hydrogens (tertiary/aromatic N) is 8. The fourth-order valence-electron chi connectivity index (χ4n) is 12.5. The smallest absolute Gasteiger partial charge is 0.410 e. The second kappa shape index (κ2) is 22.1. The Labute approximate surface area is 453 Å². The molecule has 14 nitrogen and oxygen atoms in total. The fourth-order valence-corrected chi connectivity index (χ4v) is 14.4. The van der Waals surface area contributed by atoms with Gasteiger partial charge in [-0.05, 0) is 82.8 Å². The molecule has 5 aromatic carbocycles. The first-order valence-electron chi connectivity index (χ1n) is 26.9. The van der Waals surface area contributed by atoms with Crippen molar-refractivity contribution in [2.75, 3.05) is 93.7 Å².